The zero-order valence-electron chi connectivity index (χ0n) is 9.87. The Morgan fingerprint density at radius 3 is 2.53 bits per heavy atom. The molecule has 0 unspecified atom stereocenters. The van der Waals surface area contributed by atoms with Crippen molar-refractivity contribution < 1.29 is 4.74 Å². The molecule has 88 valence electrons. The third-order valence-electron chi connectivity index (χ3n) is 4.13. The minimum atomic E-state index is 0.180. The quantitative estimate of drug-likeness (QED) is 0.765. The molecule has 2 aliphatic rings. The first-order valence-electron chi connectivity index (χ1n) is 6.26. The number of ether oxygens (including phenoxy) is 1. The third-order valence-corrected chi connectivity index (χ3v) is 4.13. The molecule has 0 amide bonds. The van der Waals surface area contributed by atoms with Gasteiger partial charge in [0.15, 0.2) is 0 Å². The highest BCUT2D eigenvalue weighted by Gasteiger charge is 2.32. The lowest BCUT2D eigenvalue weighted by atomic mass is 9.75. The fourth-order valence-electron chi connectivity index (χ4n) is 2.59. The van der Waals surface area contributed by atoms with Crippen molar-refractivity contribution in [3.05, 3.63) is 0 Å². The smallest absolute Gasteiger partial charge is 0.0480 e. The molecule has 0 spiro atoms. The predicted molar refractivity (Wildman–Crippen MR) is 61.9 cm³/mol. The SMILES string of the molecule is CN(CCC1(N)CCC1)C1CCOCC1. The summed E-state index contributed by atoms with van der Waals surface area (Å²) in [6.07, 6.45) is 7.34. The van der Waals surface area contributed by atoms with E-state index in [2.05, 4.69) is 11.9 Å². The fraction of sp³-hybridized carbons (Fsp3) is 1.00. The van der Waals surface area contributed by atoms with Gasteiger partial charge in [0, 0.05) is 24.8 Å². The molecule has 0 radical (unpaired) electrons. The second kappa shape index (κ2) is 4.81. The van der Waals surface area contributed by atoms with Crippen LogP contribution in [0.15, 0.2) is 0 Å². The Kier molecular flexibility index (Phi) is 3.65. The van der Waals surface area contributed by atoms with E-state index in [1.807, 2.05) is 0 Å². The Bertz CT molecular complexity index is 198. The third kappa shape index (κ3) is 2.92. The minimum absolute atomic E-state index is 0.180. The van der Waals surface area contributed by atoms with E-state index < -0.39 is 0 Å². The minimum Gasteiger partial charge on any atom is -0.381 e. The molecule has 0 aromatic heterocycles. The molecule has 3 nitrogen and oxygen atoms in total. The average molecular weight is 212 g/mol. The average Bonchev–Trinajstić information content (AvgIpc) is 2.24. The van der Waals surface area contributed by atoms with Crippen LogP contribution in [0, 0.1) is 0 Å². The molecule has 3 heteroatoms. The van der Waals surface area contributed by atoms with Gasteiger partial charge < -0.3 is 15.4 Å². The number of hydrogen-bond donors (Lipinski definition) is 1. The van der Waals surface area contributed by atoms with Gasteiger partial charge in [0.1, 0.15) is 0 Å². The standard InChI is InChI=1S/C12H24N2O/c1-14(11-3-9-15-10-4-11)8-7-12(13)5-2-6-12/h11H,2-10,13H2,1H3. The normalized spacial score (nSPS) is 26.6. The molecule has 0 bridgehead atoms. The molecular weight excluding hydrogens is 188 g/mol. The molecular formula is C12H24N2O. The van der Waals surface area contributed by atoms with Gasteiger partial charge in [0.2, 0.25) is 0 Å². The highest BCUT2D eigenvalue weighted by Crippen LogP contribution is 2.32. The van der Waals surface area contributed by atoms with Crippen molar-refractivity contribution in [1.82, 2.24) is 4.90 Å². The summed E-state index contributed by atoms with van der Waals surface area (Å²) in [6.45, 7) is 3.02. The van der Waals surface area contributed by atoms with Crippen molar-refractivity contribution >= 4 is 0 Å². The van der Waals surface area contributed by atoms with Crippen LogP contribution >= 0.6 is 0 Å². The first kappa shape index (κ1) is 11.4. The molecule has 0 atom stereocenters. The summed E-state index contributed by atoms with van der Waals surface area (Å²) in [5.74, 6) is 0. The van der Waals surface area contributed by atoms with Gasteiger partial charge in [-0.1, -0.05) is 0 Å². The van der Waals surface area contributed by atoms with E-state index in [1.165, 1.54) is 38.5 Å². The van der Waals surface area contributed by atoms with Crippen molar-refractivity contribution in [1.29, 1.82) is 0 Å². The van der Waals surface area contributed by atoms with Gasteiger partial charge in [-0.15, -0.1) is 0 Å². The van der Waals surface area contributed by atoms with E-state index in [4.69, 9.17) is 10.5 Å². The molecule has 0 aromatic carbocycles. The second-order valence-corrected chi connectivity index (χ2v) is 5.29. The van der Waals surface area contributed by atoms with Crippen molar-refractivity contribution in [3.8, 4) is 0 Å². The van der Waals surface area contributed by atoms with Crippen molar-refractivity contribution in [2.45, 2.75) is 50.1 Å². The number of rotatable bonds is 4. The molecule has 2 fully saturated rings. The summed E-state index contributed by atoms with van der Waals surface area (Å²) in [4.78, 5) is 2.48. The maximum atomic E-state index is 6.23. The fourth-order valence-corrected chi connectivity index (χ4v) is 2.59. The van der Waals surface area contributed by atoms with Crippen LogP contribution in [0.2, 0.25) is 0 Å². The topological polar surface area (TPSA) is 38.5 Å². The lowest BCUT2D eigenvalue weighted by Crippen LogP contribution is -2.49. The van der Waals surface area contributed by atoms with Crippen LogP contribution < -0.4 is 5.73 Å². The molecule has 1 saturated carbocycles. The lowest BCUT2D eigenvalue weighted by molar-refractivity contribution is 0.0389. The largest absolute Gasteiger partial charge is 0.381 e. The molecule has 2 N–H and O–H groups in total. The van der Waals surface area contributed by atoms with E-state index in [-0.39, 0.29) is 5.54 Å². The molecule has 1 aliphatic heterocycles. The van der Waals surface area contributed by atoms with Gasteiger partial charge in [-0.3, -0.25) is 0 Å². The molecule has 1 saturated heterocycles. The van der Waals surface area contributed by atoms with Crippen LogP contribution in [0.5, 0.6) is 0 Å². The summed E-state index contributed by atoms with van der Waals surface area (Å²) in [6, 6.07) is 0.724. The van der Waals surface area contributed by atoms with E-state index in [0.29, 0.717) is 0 Å². The maximum absolute atomic E-state index is 6.23. The van der Waals surface area contributed by atoms with Gasteiger partial charge in [-0.2, -0.15) is 0 Å². The van der Waals surface area contributed by atoms with E-state index in [1.54, 1.807) is 0 Å². The van der Waals surface area contributed by atoms with E-state index in [0.717, 1.165) is 25.8 Å². The van der Waals surface area contributed by atoms with Crippen molar-refractivity contribution in [2.75, 3.05) is 26.8 Å². The number of nitrogens with zero attached hydrogens (tertiary/aromatic N) is 1. The van der Waals surface area contributed by atoms with E-state index >= 15 is 0 Å². The van der Waals surface area contributed by atoms with Crippen molar-refractivity contribution in [3.63, 3.8) is 0 Å². The second-order valence-electron chi connectivity index (χ2n) is 5.29. The molecule has 2 rings (SSSR count). The Balaban J connectivity index is 1.69. The van der Waals surface area contributed by atoms with Gasteiger partial charge in [0.25, 0.3) is 0 Å². The Morgan fingerprint density at radius 2 is 2.00 bits per heavy atom. The summed E-state index contributed by atoms with van der Waals surface area (Å²) in [5, 5.41) is 0. The van der Waals surface area contributed by atoms with Gasteiger partial charge in [0.05, 0.1) is 0 Å². The predicted octanol–water partition coefficient (Wildman–Crippen LogP) is 1.37. The zero-order chi connectivity index (χ0) is 10.7. The van der Waals surface area contributed by atoms with Gasteiger partial charge >= 0.3 is 0 Å². The van der Waals surface area contributed by atoms with Crippen LogP contribution in [0.4, 0.5) is 0 Å². The Morgan fingerprint density at radius 1 is 1.33 bits per heavy atom. The lowest BCUT2D eigenvalue weighted by Gasteiger charge is -2.40. The van der Waals surface area contributed by atoms with Crippen LogP contribution in [-0.4, -0.2) is 43.3 Å². The highest BCUT2D eigenvalue weighted by molar-refractivity contribution is 4.93. The Labute approximate surface area is 93.0 Å². The zero-order valence-corrected chi connectivity index (χ0v) is 9.87. The van der Waals surface area contributed by atoms with Crippen LogP contribution in [0.25, 0.3) is 0 Å². The summed E-state index contributed by atoms with van der Waals surface area (Å²) in [5.41, 5.74) is 6.41. The van der Waals surface area contributed by atoms with Gasteiger partial charge in [-0.25, -0.2) is 0 Å². The number of nitrogens with two attached hydrogens (primary N) is 1. The first-order valence-corrected chi connectivity index (χ1v) is 6.26. The van der Waals surface area contributed by atoms with Crippen LogP contribution in [-0.2, 0) is 4.74 Å². The molecule has 1 aliphatic carbocycles. The Hall–Kier alpha value is -0.120. The van der Waals surface area contributed by atoms with Crippen LogP contribution in [0.3, 0.4) is 0 Å². The monoisotopic (exact) mass is 212 g/mol. The first-order chi connectivity index (χ1) is 7.20. The van der Waals surface area contributed by atoms with E-state index in [9.17, 15) is 0 Å². The summed E-state index contributed by atoms with van der Waals surface area (Å²) < 4.78 is 5.38. The maximum Gasteiger partial charge on any atom is 0.0480 e. The molecule has 1 heterocycles. The number of hydrogen-bond acceptors (Lipinski definition) is 3. The highest BCUT2D eigenvalue weighted by atomic mass is 16.5. The molecule has 15 heavy (non-hydrogen) atoms. The summed E-state index contributed by atoms with van der Waals surface area (Å²) >= 11 is 0. The molecule has 0 aromatic rings. The van der Waals surface area contributed by atoms with Gasteiger partial charge in [-0.05, 0) is 52.1 Å². The van der Waals surface area contributed by atoms with Crippen LogP contribution in [0.1, 0.15) is 38.5 Å². The summed E-state index contributed by atoms with van der Waals surface area (Å²) in [7, 11) is 2.23. The van der Waals surface area contributed by atoms with Crippen molar-refractivity contribution in [2.24, 2.45) is 5.73 Å².